The van der Waals surface area contributed by atoms with Gasteiger partial charge in [-0.25, -0.2) is 13.2 Å². The maximum absolute atomic E-state index is 13.5. The van der Waals surface area contributed by atoms with Gasteiger partial charge in [-0.05, 0) is 37.8 Å². The lowest BCUT2D eigenvalue weighted by atomic mass is 9.97. The van der Waals surface area contributed by atoms with Crippen LogP contribution in [0.25, 0.3) is 0 Å². The van der Waals surface area contributed by atoms with Crippen LogP contribution in [0.3, 0.4) is 0 Å². The average Bonchev–Trinajstić information content (AvgIpc) is 2.79. The summed E-state index contributed by atoms with van der Waals surface area (Å²) < 4.78 is 39.0. The smallest absolute Gasteiger partial charge is 0.315 e. The van der Waals surface area contributed by atoms with E-state index in [1.54, 1.807) is 12.1 Å². The molecule has 2 N–H and O–H groups in total. The summed E-state index contributed by atoms with van der Waals surface area (Å²) in [4.78, 5) is 12.6. The van der Waals surface area contributed by atoms with Gasteiger partial charge >= 0.3 is 6.03 Å². The second-order valence-corrected chi connectivity index (χ2v) is 10.5. The van der Waals surface area contributed by atoms with E-state index in [1.165, 1.54) is 43.9 Å². The molecule has 1 heterocycles. The van der Waals surface area contributed by atoms with E-state index in [9.17, 15) is 13.2 Å². The molecule has 0 spiro atoms. The van der Waals surface area contributed by atoms with Gasteiger partial charge < -0.3 is 20.1 Å². The predicted octanol–water partition coefficient (Wildman–Crippen LogP) is 3.66. The van der Waals surface area contributed by atoms with Crippen LogP contribution in [0.15, 0.2) is 23.1 Å². The molecule has 1 aromatic carbocycles. The molecule has 1 aliphatic heterocycles. The number of carbonyl (C=O) groups excluding carboxylic acids is 1. The third-order valence-electron chi connectivity index (χ3n) is 6.47. The molecule has 8 nitrogen and oxygen atoms in total. The van der Waals surface area contributed by atoms with Gasteiger partial charge in [-0.2, -0.15) is 4.31 Å². The van der Waals surface area contributed by atoms with Crippen molar-refractivity contribution in [1.29, 1.82) is 0 Å². The molecule has 1 atom stereocenters. The van der Waals surface area contributed by atoms with E-state index in [1.807, 2.05) is 0 Å². The molecule has 2 amide bonds. The molecule has 0 aromatic heterocycles. The highest BCUT2D eigenvalue weighted by molar-refractivity contribution is 7.89. The first-order chi connectivity index (χ1) is 15.5. The summed E-state index contributed by atoms with van der Waals surface area (Å²) in [6.07, 6.45) is 10.5. The second-order valence-electron chi connectivity index (χ2n) is 8.68. The Morgan fingerprint density at radius 3 is 2.38 bits per heavy atom. The molecule has 0 radical (unpaired) electrons. The van der Waals surface area contributed by atoms with E-state index in [4.69, 9.17) is 9.47 Å². The topological polar surface area (TPSA) is 97.0 Å². The fraction of sp³-hybridized carbons (Fsp3) is 0.696. The molecule has 2 fully saturated rings. The summed E-state index contributed by atoms with van der Waals surface area (Å²) in [6, 6.07) is 4.42. The average molecular weight is 468 g/mol. The number of methoxy groups -OCH3 is 2. The van der Waals surface area contributed by atoms with Gasteiger partial charge in [0.05, 0.1) is 14.2 Å². The Bertz CT molecular complexity index is 853. The van der Waals surface area contributed by atoms with E-state index < -0.39 is 10.0 Å². The SMILES string of the molecule is COc1ccc(S(=O)(=O)N2CCCCC2CNC(=O)NC2CCCCCCC2)c(OC)c1. The van der Waals surface area contributed by atoms with Crippen molar-refractivity contribution in [2.75, 3.05) is 27.3 Å². The Kier molecular flexibility index (Phi) is 9.04. The number of rotatable bonds is 7. The molecule has 1 saturated heterocycles. The van der Waals surface area contributed by atoms with Gasteiger partial charge in [0, 0.05) is 31.2 Å². The zero-order chi connectivity index (χ0) is 23.0. The third kappa shape index (κ3) is 6.28. The lowest BCUT2D eigenvalue weighted by Crippen LogP contribution is -2.51. The predicted molar refractivity (Wildman–Crippen MR) is 124 cm³/mol. The van der Waals surface area contributed by atoms with Gasteiger partial charge in [-0.3, -0.25) is 0 Å². The van der Waals surface area contributed by atoms with E-state index in [0.29, 0.717) is 18.7 Å². The number of hydrogen-bond donors (Lipinski definition) is 2. The molecule has 9 heteroatoms. The Morgan fingerprint density at radius 2 is 1.69 bits per heavy atom. The van der Waals surface area contributed by atoms with Crippen LogP contribution in [0.5, 0.6) is 11.5 Å². The number of ether oxygens (including phenoxy) is 2. The van der Waals surface area contributed by atoms with Crippen molar-refractivity contribution >= 4 is 16.1 Å². The number of benzene rings is 1. The second kappa shape index (κ2) is 11.7. The summed E-state index contributed by atoms with van der Waals surface area (Å²) in [6.45, 7) is 0.713. The molecule has 1 unspecified atom stereocenters. The maximum Gasteiger partial charge on any atom is 0.315 e. The van der Waals surface area contributed by atoms with Gasteiger partial charge in [-0.15, -0.1) is 0 Å². The minimum atomic E-state index is -3.78. The molecule has 2 aliphatic rings. The molecular weight excluding hydrogens is 430 g/mol. The zero-order valence-corrected chi connectivity index (χ0v) is 20.1. The van der Waals surface area contributed by atoms with Crippen molar-refractivity contribution in [3.63, 3.8) is 0 Å². The summed E-state index contributed by atoms with van der Waals surface area (Å²) in [5.74, 6) is 0.784. The molecule has 1 aromatic rings. The molecule has 1 aliphatic carbocycles. The van der Waals surface area contributed by atoms with Gasteiger partial charge in [0.15, 0.2) is 0 Å². The van der Waals surface area contributed by atoms with Crippen LogP contribution >= 0.6 is 0 Å². The number of urea groups is 1. The lowest BCUT2D eigenvalue weighted by Gasteiger charge is -2.35. The van der Waals surface area contributed by atoms with E-state index >= 15 is 0 Å². The number of piperidine rings is 1. The Labute approximate surface area is 192 Å². The summed E-state index contributed by atoms with van der Waals surface area (Å²) in [5.41, 5.74) is 0. The van der Waals surface area contributed by atoms with Crippen molar-refractivity contribution in [3.8, 4) is 11.5 Å². The summed E-state index contributed by atoms with van der Waals surface area (Å²) >= 11 is 0. The monoisotopic (exact) mass is 467 g/mol. The van der Waals surface area contributed by atoms with Crippen LogP contribution in [0.1, 0.15) is 64.2 Å². The molecular formula is C23H37N3O5S. The van der Waals surface area contributed by atoms with Crippen molar-refractivity contribution < 1.29 is 22.7 Å². The zero-order valence-electron chi connectivity index (χ0n) is 19.3. The van der Waals surface area contributed by atoms with Crippen molar-refractivity contribution in [1.82, 2.24) is 14.9 Å². The fourth-order valence-electron chi connectivity index (χ4n) is 4.66. The van der Waals surface area contributed by atoms with E-state index in [0.717, 1.165) is 38.5 Å². The first-order valence-electron chi connectivity index (χ1n) is 11.7. The van der Waals surface area contributed by atoms with Gasteiger partial charge in [0.25, 0.3) is 0 Å². The first-order valence-corrected chi connectivity index (χ1v) is 13.2. The fourth-order valence-corrected chi connectivity index (χ4v) is 6.49. The number of carbonyl (C=O) groups is 1. The van der Waals surface area contributed by atoms with Crippen LogP contribution in [-0.4, -0.2) is 58.1 Å². The molecule has 32 heavy (non-hydrogen) atoms. The van der Waals surface area contributed by atoms with Crippen LogP contribution in [-0.2, 0) is 10.0 Å². The summed E-state index contributed by atoms with van der Waals surface area (Å²) in [5, 5.41) is 6.02. The largest absolute Gasteiger partial charge is 0.497 e. The van der Waals surface area contributed by atoms with Gasteiger partial charge in [-0.1, -0.05) is 38.5 Å². The minimum absolute atomic E-state index is 0.117. The van der Waals surface area contributed by atoms with Gasteiger partial charge in [0.2, 0.25) is 10.0 Å². The summed E-state index contributed by atoms with van der Waals surface area (Å²) in [7, 11) is -0.810. The Hall–Kier alpha value is -2.00. The number of sulfonamides is 1. The minimum Gasteiger partial charge on any atom is -0.497 e. The van der Waals surface area contributed by atoms with Crippen molar-refractivity contribution in [2.45, 2.75) is 81.2 Å². The van der Waals surface area contributed by atoms with Crippen LogP contribution in [0.4, 0.5) is 4.79 Å². The first kappa shape index (κ1) is 24.6. The van der Waals surface area contributed by atoms with Crippen molar-refractivity contribution in [3.05, 3.63) is 18.2 Å². The van der Waals surface area contributed by atoms with Crippen LogP contribution in [0, 0.1) is 0 Å². The highest BCUT2D eigenvalue weighted by atomic mass is 32.2. The number of hydrogen-bond acceptors (Lipinski definition) is 5. The third-order valence-corrected chi connectivity index (χ3v) is 8.46. The van der Waals surface area contributed by atoms with Crippen LogP contribution in [0.2, 0.25) is 0 Å². The molecule has 1 saturated carbocycles. The Morgan fingerprint density at radius 1 is 1.00 bits per heavy atom. The van der Waals surface area contributed by atoms with Crippen LogP contribution < -0.4 is 20.1 Å². The molecule has 3 rings (SSSR count). The van der Waals surface area contributed by atoms with E-state index in [-0.39, 0.29) is 35.3 Å². The Balaban J connectivity index is 1.65. The van der Waals surface area contributed by atoms with Crippen molar-refractivity contribution in [2.24, 2.45) is 0 Å². The molecule has 180 valence electrons. The number of nitrogens with zero attached hydrogens (tertiary/aromatic N) is 1. The normalized spacial score (nSPS) is 21.2. The standard InChI is InChI=1S/C23H37N3O5S/c1-30-20-13-14-22(21(16-20)31-2)32(28,29)26-15-9-8-12-19(26)17-24-23(27)25-18-10-6-4-3-5-7-11-18/h13-14,16,18-19H,3-12,15,17H2,1-2H3,(H2,24,25,27). The van der Waals surface area contributed by atoms with E-state index in [2.05, 4.69) is 10.6 Å². The highest BCUT2D eigenvalue weighted by Gasteiger charge is 2.35. The lowest BCUT2D eigenvalue weighted by molar-refractivity contribution is 0.219. The maximum atomic E-state index is 13.5. The van der Waals surface area contributed by atoms with Gasteiger partial charge in [0.1, 0.15) is 16.4 Å². The number of amides is 2. The number of nitrogens with one attached hydrogen (secondary N) is 2. The highest BCUT2D eigenvalue weighted by Crippen LogP contribution is 2.33. The molecule has 0 bridgehead atoms. The quantitative estimate of drug-likeness (QED) is 0.638.